The Morgan fingerprint density at radius 1 is 1.19 bits per heavy atom. The molecule has 136 valence electrons. The lowest BCUT2D eigenvalue weighted by Gasteiger charge is -2.14. The Labute approximate surface area is 153 Å². The van der Waals surface area contributed by atoms with Crippen molar-refractivity contribution in [2.24, 2.45) is 0 Å². The van der Waals surface area contributed by atoms with Gasteiger partial charge >= 0.3 is 11.7 Å². The van der Waals surface area contributed by atoms with Crippen molar-refractivity contribution in [2.45, 2.75) is 13.0 Å². The second-order valence-electron chi connectivity index (χ2n) is 5.19. The fourth-order valence-corrected chi connectivity index (χ4v) is 2.14. The van der Waals surface area contributed by atoms with Crippen LogP contribution < -0.4 is 10.1 Å². The number of rotatable bonds is 6. The third-order valence-electron chi connectivity index (χ3n) is 3.38. The molecule has 0 unspecified atom stereocenters. The third-order valence-corrected chi connectivity index (χ3v) is 3.63. The molecule has 0 saturated heterocycles. The van der Waals surface area contributed by atoms with Crippen molar-refractivity contribution in [3.63, 3.8) is 0 Å². The number of amides is 1. The van der Waals surface area contributed by atoms with Crippen molar-refractivity contribution in [1.29, 1.82) is 0 Å². The number of anilines is 1. The van der Waals surface area contributed by atoms with Crippen LogP contribution >= 0.6 is 11.6 Å². The van der Waals surface area contributed by atoms with E-state index in [0.717, 1.165) is 6.07 Å². The molecule has 9 heteroatoms. The van der Waals surface area contributed by atoms with Gasteiger partial charge in [-0.05, 0) is 43.3 Å². The number of nitro groups is 1. The maximum Gasteiger partial charge on any atom is 0.339 e. The van der Waals surface area contributed by atoms with Gasteiger partial charge in [0.2, 0.25) is 0 Å². The van der Waals surface area contributed by atoms with E-state index in [1.807, 2.05) is 0 Å². The molecule has 0 bridgehead atoms. The number of halogens is 1. The molecule has 1 N–H and O–H groups in total. The van der Waals surface area contributed by atoms with Crippen LogP contribution in [0.15, 0.2) is 42.5 Å². The van der Waals surface area contributed by atoms with Gasteiger partial charge in [0, 0.05) is 16.8 Å². The summed E-state index contributed by atoms with van der Waals surface area (Å²) in [4.78, 5) is 34.6. The zero-order valence-corrected chi connectivity index (χ0v) is 14.6. The van der Waals surface area contributed by atoms with Gasteiger partial charge < -0.3 is 14.8 Å². The highest BCUT2D eigenvalue weighted by Gasteiger charge is 2.22. The van der Waals surface area contributed by atoms with Crippen molar-refractivity contribution in [3.8, 4) is 5.75 Å². The number of hydrogen-bond donors (Lipinski definition) is 1. The van der Waals surface area contributed by atoms with Gasteiger partial charge in [-0.3, -0.25) is 14.9 Å². The summed E-state index contributed by atoms with van der Waals surface area (Å²) in [7, 11) is 1.28. The summed E-state index contributed by atoms with van der Waals surface area (Å²) in [5.74, 6) is -1.40. The first-order valence-corrected chi connectivity index (χ1v) is 7.79. The number of ether oxygens (including phenoxy) is 2. The van der Waals surface area contributed by atoms with E-state index in [9.17, 15) is 19.7 Å². The van der Waals surface area contributed by atoms with Crippen molar-refractivity contribution < 1.29 is 24.0 Å². The SMILES string of the molecule is COc1ccc(C(=O)O[C@H](C)C(=O)Nc2ccc(Cl)cc2)cc1[N+](=O)[O-]. The van der Waals surface area contributed by atoms with E-state index in [2.05, 4.69) is 5.32 Å². The topological polar surface area (TPSA) is 108 Å². The Kier molecular flexibility index (Phi) is 6.13. The average molecular weight is 379 g/mol. The fraction of sp³-hybridized carbons (Fsp3) is 0.176. The van der Waals surface area contributed by atoms with E-state index >= 15 is 0 Å². The van der Waals surface area contributed by atoms with E-state index < -0.39 is 22.9 Å². The number of nitro benzene ring substituents is 1. The first-order chi connectivity index (χ1) is 12.3. The normalized spacial score (nSPS) is 11.3. The summed E-state index contributed by atoms with van der Waals surface area (Å²) in [5, 5.41) is 14.1. The van der Waals surface area contributed by atoms with Crippen LogP contribution in [0.4, 0.5) is 11.4 Å². The molecule has 8 nitrogen and oxygen atoms in total. The Bertz CT molecular complexity index is 838. The van der Waals surface area contributed by atoms with Crippen molar-refractivity contribution in [1.82, 2.24) is 0 Å². The predicted octanol–water partition coefficient (Wildman–Crippen LogP) is 3.44. The second-order valence-corrected chi connectivity index (χ2v) is 5.62. The lowest BCUT2D eigenvalue weighted by Crippen LogP contribution is -2.30. The minimum Gasteiger partial charge on any atom is -0.490 e. The quantitative estimate of drug-likeness (QED) is 0.468. The van der Waals surface area contributed by atoms with Gasteiger partial charge in [0.15, 0.2) is 11.9 Å². The summed E-state index contributed by atoms with van der Waals surface area (Å²) in [5.41, 5.74) is 0.0475. The van der Waals surface area contributed by atoms with Crippen molar-refractivity contribution >= 4 is 34.9 Å². The molecule has 0 aliphatic heterocycles. The highest BCUT2D eigenvalue weighted by molar-refractivity contribution is 6.30. The summed E-state index contributed by atoms with van der Waals surface area (Å²) in [6.45, 7) is 1.39. The van der Waals surface area contributed by atoms with Gasteiger partial charge in [-0.15, -0.1) is 0 Å². The number of methoxy groups -OCH3 is 1. The molecular weight excluding hydrogens is 364 g/mol. The van der Waals surface area contributed by atoms with E-state index in [1.165, 1.54) is 26.2 Å². The maximum atomic E-state index is 12.1. The summed E-state index contributed by atoms with van der Waals surface area (Å²) in [6.07, 6.45) is -1.11. The van der Waals surface area contributed by atoms with E-state index in [-0.39, 0.29) is 17.0 Å². The molecule has 0 aromatic heterocycles. The second kappa shape index (κ2) is 8.30. The predicted molar refractivity (Wildman–Crippen MR) is 94.6 cm³/mol. The highest BCUT2D eigenvalue weighted by atomic mass is 35.5. The van der Waals surface area contributed by atoms with Crippen LogP contribution in [0.1, 0.15) is 17.3 Å². The molecule has 2 aromatic rings. The van der Waals surface area contributed by atoms with Gasteiger partial charge in [-0.2, -0.15) is 0 Å². The largest absolute Gasteiger partial charge is 0.490 e. The summed E-state index contributed by atoms with van der Waals surface area (Å²) >= 11 is 5.77. The number of carbonyl (C=O) groups is 2. The molecule has 0 saturated carbocycles. The standard InChI is InChI=1S/C17H15ClN2O6/c1-10(16(21)19-13-6-4-12(18)5-7-13)26-17(22)11-3-8-15(25-2)14(9-11)20(23)24/h3-10H,1-2H3,(H,19,21)/t10-/m1/s1. The van der Waals surface area contributed by atoms with E-state index in [0.29, 0.717) is 10.7 Å². The van der Waals surface area contributed by atoms with Crippen LogP contribution in [-0.4, -0.2) is 30.0 Å². The van der Waals surface area contributed by atoms with Gasteiger partial charge in [0.1, 0.15) is 0 Å². The number of hydrogen-bond acceptors (Lipinski definition) is 6. The summed E-state index contributed by atoms with van der Waals surface area (Å²) < 4.78 is 9.93. The Balaban J connectivity index is 2.06. The Hall–Kier alpha value is -3.13. The number of nitrogens with zero attached hydrogens (tertiary/aromatic N) is 1. The number of nitrogens with one attached hydrogen (secondary N) is 1. The molecule has 0 aliphatic carbocycles. The smallest absolute Gasteiger partial charge is 0.339 e. The van der Waals surface area contributed by atoms with Gasteiger partial charge in [0.25, 0.3) is 5.91 Å². The lowest BCUT2D eigenvalue weighted by molar-refractivity contribution is -0.385. The molecule has 26 heavy (non-hydrogen) atoms. The van der Waals surface area contributed by atoms with Crippen LogP contribution in [0.5, 0.6) is 5.75 Å². The van der Waals surface area contributed by atoms with Crippen LogP contribution in [0.25, 0.3) is 0 Å². The number of benzene rings is 2. The molecule has 0 aliphatic rings. The molecule has 0 spiro atoms. The summed E-state index contributed by atoms with van der Waals surface area (Å²) in [6, 6.07) is 10.0. The Morgan fingerprint density at radius 3 is 2.42 bits per heavy atom. The molecule has 0 heterocycles. The molecule has 2 aromatic carbocycles. The van der Waals surface area contributed by atoms with Gasteiger partial charge in [-0.25, -0.2) is 4.79 Å². The van der Waals surface area contributed by atoms with Crippen molar-refractivity contribution in [2.75, 3.05) is 12.4 Å². The van der Waals surface area contributed by atoms with Crippen LogP contribution in [0, 0.1) is 10.1 Å². The first-order valence-electron chi connectivity index (χ1n) is 7.41. The maximum absolute atomic E-state index is 12.1. The zero-order chi connectivity index (χ0) is 19.3. The van der Waals surface area contributed by atoms with Gasteiger partial charge in [0.05, 0.1) is 17.6 Å². The Morgan fingerprint density at radius 2 is 1.85 bits per heavy atom. The van der Waals surface area contributed by atoms with E-state index in [4.69, 9.17) is 21.1 Å². The highest BCUT2D eigenvalue weighted by Crippen LogP contribution is 2.28. The molecule has 1 atom stereocenters. The molecule has 0 radical (unpaired) electrons. The van der Waals surface area contributed by atoms with Crippen LogP contribution in [0.3, 0.4) is 0 Å². The molecule has 2 rings (SSSR count). The third kappa shape index (κ3) is 4.70. The molecular formula is C17H15ClN2O6. The number of esters is 1. The molecule has 1 amide bonds. The average Bonchev–Trinajstić information content (AvgIpc) is 2.62. The van der Waals surface area contributed by atoms with Crippen LogP contribution in [0.2, 0.25) is 5.02 Å². The lowest BCUT2D eigenvalue weighted by atomic mass is 10.2. The van der Waals surface area contributed by atoms with E-state index in [1.54, 1.807) is 24.3 Å². The van der Waals surface area contributed by atoms with Crippen LogP contribution in [-0.2, 0) is 9.53 Å². The minimum absolute atomic E-state index is 0.0140. The molecule has 0 fully saturated rings. The zero-order valence-electron chi connectivity index (χ0n) is 13.9. The number of carbonyl (C=O) groups excluding carboxylic acids is 2. The monoisotopic (exact) mass is 378 g/mol. The van der Waals surface area contributed by atoms with Gasteiger partial charge in [-0.1, -0.05) is 11.6 Å². The van der Waals surface area contributed by atoms with Crippen molar-refractivity contribution in [3.05, 3.63) is 63.2 Å². The minimum atomic E-state index is -1.11. The fourth-order valence-electron chi connectivity index (χ4n) is 2.02. The first kappa shape index (κ1) is 19.2.